The lowest BCUT2D eigenvalue weighted by Crippen LogP contribution is -2.34. The molecule has 0 radical (unpaired) electrons. The largest absolute Gasteiger partial charge is 0.496 e. The number of benzene rings is 1. The van der Waals surface area contributed by atoms with E-state index in [1.165, 1.54) is 4.90 Å². The fraction of sp³-hybridized carbons (Fsp3) is 0.385. The molecule has 2 rings (SSSR count). The van der Waals surface area contributed by atoms with Gasteiger partial charge in [0.1, 0.15) is 5.75 Å². The molecular formula is C13H16N2O3. The van der Waals surface area contributed by atoms with Crippen LogP contribution < -0.4 is 10.5 Å². The SMILES string of the molecule is COc1ccc(CN2C(=O)CC(N)C2=O)cc1C. The molecule has 0 saturated carbocycles. The number of aryl methyl sites for hydroxylation is 1. The molecule has 1 heterocycles. The number of ether oxygens (including phenoxy) is 1. The maximum Gasteiger partial charge on any atom is 0.246 e. The van der Waals surface area contributed by atoms with Crippen LogP contribution >= 0.6 is 0 Å². The predicted molar refractivity (Wildman–Crippen MR) is 65.9 cm³/mol. The molecule has 96 valence electrons. The summed E-state index contributed by atoms with van der Waals surface area (Å²) in [6.07, 6.45) is 0.105. The summed E-state index contributed by atoms with van der Waals surface area (Å²) in [5.41, 5.74) is 7.42. The molecule has 5 heteroatoms. The number of carbonyl (C=O) groups excluding carboxylic acids is 2. The summed E-state index contributed by atoms with van der Waals surface area (Å²) in [5, 5.41) is 0. The zero-order valence-corrected chi connectivity index (χ0v) is 10.5. The average molecular weight is 248 g/mol. The minimum Gasteiger partial charge on any atom is -0.496 e. The Hall–Kier alpha value is -1.88. The van der Waals surface area contributed by atoms with Gasteiger partial charge in [0, 0.05) is 0 Å². The smallest absolute Gasteiger partial charge is 0.246 e. The molecular weight excluding hydrogens is 232 g/mol. The van der Waals surface area contributed by atoms with E-state index in [1.807, 2.05) is 25.1 Å². The first-order valence-electron chi connectivity index (χ1n) is 5.76. The Bertz CT molecular complexity index is 499. The fourth-order valence-electron chi connectivity index (χ4n) is 2.10. The number of rotatable bonds is 3. The van der Waals surface area contributed by atoms with Gasteiger partial charge in [0.15, 0.2) is 0 Å². The molecule has 1 fully saturated rings. The molecule has 1 aliphatic heterocycles. The van der Waals surface area contributed by atoms with Crippen LogP contribution in [0.5, 0.6) is 5.75 Å². The van der Waals surface area contributed by atoms with E-state index in [9.17, 15) is 9.59 Å². The second-order valence-electron chi connectivity index (χ2n) is 4.43. The number of nitrogens with zero attached hydrogens (tertiary/aromatic N) is 1. The lowest BCUT2D eigenvalue weighted by molar-refractivity contribution is -0.139. The average Bonchev–Trinajstić information content (AvgIpc) is 2.56. The Morgan fingerprint density at radius 2 is 2.17 bits per heavy atom. The molecule has 1 saturated heterocycles. The molecule has 18 heavy (non-hydrogen) atoms. The van der Waals surface area contributed by atoms with E-state index in [-0.39, 0.29) is 24.8 Å². The molecule has 1 atom stereocenters. The van der Waals surface area contributed by atoms with Crippen LogP contribution in [0.25, 0.3) is 0 Å². The normalized spacial score (nSPS) is 19.5. The van der Waals surface area contributed by atoms with Crippen LogP contribution in [0, 0.1) is 6.92 Å². The molecule has 0 aliphatic carbocycles. The van der Waals surface area contributed by atoms with Gasteiger partial charge in [-0.3, -0.25) is 14.5 Å². The zero-order valence-electron chi connectivity index (χ0n) is 10.5. The van der Waals surface area contributed by atoms with Gasteiger partial charge in [-0.15, -0.1) is 0 Å². The number of methoxy groups -OCH3 is 1. The Balaban J connectivity index is 2.17. The van der Waals surface area contributed by atoms with Crippen molar-refractivity contribution in [1.29, 1.82) is 0 Å². The van der Waals surface area contributed by atoms with Crippen molar-refractivity contribution in [3.8, 4) is 5.75 Å². The molecule has 1 aliphatic rings. The van der Waals surface area contributed by atoms with Gasteiger partial charge in [0.05, 0.1) is 26.1 Å². The zero-order chi connectivity index (χ0) is 13.3. The minimum absolute atomic E-state index is 0.105. The second-order valence-corrected chi connectivity index (χ2v) is 4.43. The third-order valence-electron chi connectivity index (χ3n) is 3.08. The van der Waals surface area contributed by atoms with Crippen molar-refractivity contribution in [3.63, 3.8) is 0 Å². The van der Waals surface area contributed by atoms with Crippen molar-refractivity contribution in [1.82, 2.24) is 4.90 Å². The monoisotopic (exact) mass is 248 g/mol. The minimum atomic E-state index is -0.683. The van der Waals surface area contributed by atoms with Gasteiger partial charge < -0.3 is 10.5 Å². The predicted octanol–water partition coefficient (Wildman–Crippen LogP) is 0.590. The van der Waals surface area contributed by atoms with Crippen molar-refractivity contribution in [2.75, 3.05) is 7.11 Å². The summed E-state index contributed by atoms with van der Waals surface area (Å²) in [6.45, 7) is 2.19. The first kappa shape index (κ1) is 12.6. The number of imide groups is 1. The first-order valence-corrected chi connectivity index (χ1v) is 5.76. The van der Waals surface area contributed by atoms with Crippen molar-refractivity contribution >= 4 is 11.8 Å². The van der Waals surface area contributed by atoms with Crippen LogP contribution in [0.15, 0.2) is 18.2 Å². The Morgan fingerprint density at radius 3 is 2.67 bits per heavy atom. The lowest BCUT2D eigenvalue weighted by atomic mass is 10.1. The highest BCUT2D eigenvalue weighted by Gasteiger charge is 2.35. The molecule has 0 bridgehead atoms. The molecule has 1 aromatic rings. The number of carbonyl (C=O) groups is 2. The third-order valence-corrected chi connectivity index (χ3v) is 3.08. The van der Waals surface area contributed by atoms with Crippen LogP contribution in [0.4, 0.5) is 0 Å². The molecule has 0 spiro atoms. The van der Waals surface area contributed by atoms with Crippen LogP contribution in [0.2, 0.25) is 0 Å². The number of amides is 2. The van der Waals surface area contributed by atoms with Gasteiger partial charge >= 0.3 is 0 Å². The van der Waals surface area contributed by atoms with Gasteiger partial charge in [-0.2, -0.15) is 0 Å². The van der Waals surface area contributed by atoms with Crippen LogP contribution in [0.1, 0.15) is 17.5 Å². The molecule has 0 aromatic heterocycles. The third kappa shape index (κ3) is 2.22. The highest BCUT2D eigenvalue weighted by Crippen LogP contribution is 2.21. The van der Waals surface area contributed by atoms with E-state index >= 15 is 0 Å². The summed E-state index contributed by atoms with van der Waals surface area (Å²) in [4.78, 5) is 24.5. The maximum absolute atomic E-state index is 11.7. The number of likely N-dealkylation sites (tertiary alicyclic amines) is 1. The van der Waals surface area contributed by atoms with Gasteiger partial charge in [0.2, 0.25) is 11.8 Å². The van der Waals surface area contributed by atoms with Crippen molar-refractivity contribution in [2.24, 2.45) is 5.73 Å². The fourth-order valence-corrected chi connectivity index (χ4v) is 2.10. The second kappa shape index (κ2) is 4.78. The van der Waals surface area contributed by atoms with E-state index in [4.69, 9.17) is 10.5 Å². The van der Waals surface area contributed by atoms with Gasteiger partial charge in [-0.05, 0) is 24.1 Å². The Labute approximate surface area is 106 Å². The van der Waals surface area contributed by atoms with E-state index in [1.54, 1.807) is 7.11 Å². The van der Waals surface area contributed by atoms with E-state index in [2.05, 4.69) is 0 Å². The summed E-state index contributed by atoms with van der Waals surface area (Å²) < 4.78 is 5.16. The lowest BCUT2D eigenvalue weighted by Gasteiger charge is -2.15. The van der Waals surface area contributed by atoms with E-state index in [0.717, 1.165) is 16.9 Å². The molecule has 2 amide bonds. The van der Waals surface area contributed by atoms with E-state index in [0.29, 0.717) is 0 Å². The number of nitrogens with two attached hydrogens (primary N) is 1. The van der Waals surface area contributed by atoms with Crippen molar-refractivity contribution < 1.29 is 14.3 Å². The summed E-state index contributed by atoms with van der Waals surface area (Å²) in [7, 11) is 1.61. The highest BCUT2D eigenvalue weighted by atomic mass is 16.5. The number of hydrogen-bond donors (Lipinski definition) is 1. The summed E-state index contributed by atoms with van der Waals surface area (Å²) >= 11 is 0. The van der Waals surface area contributed by atoms with Crippen molar-refractivity contribution in [3.05, 3.63) is 29.3 Å². The quantitative estimate of drug-likeness (QED) is 0.795. The Morgan fingerprint density at radius 1 is 1.44 bits per heavy atom. The number of hydrogen-bond acceptors (Lipinski definition) is 4. The molecule has 1 aromatic carbocycles. The Kier molecular flexibility index (Phi) is 3.34. The maximum atomic E-state index is 11.7. The summed E-state index contributed by atoms with van der Waals surface area (Å²) in [6, 6.07) is 4.89. The molecule has 2 N–H and O–H groups in total. The van der Waals surface area contributed by atoms with Crippen LogP contribution in [0.3, 0.4) is 0 Å². The van der Waals surface area contributed by atoms with Gasteiger partial charge in [0.25, 0.3) is 0 Å². The molecule has 1 unspecified atom stereocenters. The van der Waals surface area contributed by atoms with Crippen LogP contribution in [-0.2, 0) is 16.1 Å². The van der Waals surface area contributed by atoms with Gasteiger partial charge in [-0.1, -0.05) is 12.1 Å². The topological polar surface area (TPSA) is 72.6 Å². The van der Waals surface area contributed by atoms with E-state index < -0.39 is 6.04 Å². The van der Waals surface area contributed by atoms with Crippen LogP contribution in [-0.4, -0.2) is 29.9 Å². The first-order chi connectivity index (χ1) is 8.52. The molecule has 5 nitrogen and oxygen atoms in total. The standard InChI is InChI=1S/C13H16N2O3/c1-8-5-9(3-4-11(8)18-2)7-15-12(16)6-10(14)13(15)17/h3-5,10H,6-7,14H2,1-2H3. The van der Waals surface area contributed by atoms with Crippen molar-refractivity contribution in [2.45, 2.75) is 25.9 Å². The van der Waals surface area contributed by atoms with Gasteiger partial charge in [-0.25, -0.2) is 0 Å². The highest BCUT2D eigenvalue weighted by molar-refractivity contribution is 6.05. The summed E-state index contributed by atoms with van der Waals surface area (Å²) in [5.74, 6) is 0.281.